The number of hydrogen-bond acceptors (Lipinski definition) is 5. The Morgan fingerprint density at radius 2 is 1.87 bits per heavy atom. The number of nitrogens with one attached hydrogen (secondary N) is 1. The van der Waals surface area contributed by atoms with Crippen LogP contribution in [0.3, 0.4) is 0 Å². The van der Waals surface area contributed by atoms with Gasteiger partial charge in [0.15, 0.2) is 11.4 Å². The molecule has 4 rings (SSSR count). The molecule has 3 heterocycles. The molecule has 3 aromatic heterocycles. The van der Waals surface area contributed by atoms with E-state index in [1.54, 1.807) is 30.1 Å². The van der Waals surface area contributed by atoms with Crippen LogP contribution in [0.4, 0.5) is 14.5 Å². The average Bonchev–Trinajstić information content (AvgIpc) is 3.49. The first kappa shape index (κ1) is 21.9. The van der Waals surface area contributed by atoms with Gasteiger partial charge in [-0.1, -0.05) is 31.5 Å². The monoisotopic (exact) mass is 428 g/mol. The molecule has 1 amide bonds. The fourth-order valence-corrected chi connectivity index (χ4v) is 2.70. The third-order valence-corrected chi connectivity index (χ3v) is 4.18. The molecule has 0 saturated carbocycles. The summed E-state index contributed by atoms with van der Waals surface area (Å²) in [7, 11) is 1.73. The van der Waals surface area contributed by atoms with Gasteiger partial charge in [-0.25, -0.2) is 18.4 Å². The van der Waals surface area contributed by atoms with Gasteiger partial charge >= 0.3 is 0 Å². The van der Waals surface area contributed by atoms with Crippen LogP contribution in [0, 0.1) is 6.92 Å². The number of aryl methyl sites for hydroxylation is 2. The fraction of sp³-hybridized carbons (Fsp3) is 0.238. The number of amides is 1. The Bertz CT molecular complexity index is 1160. The van der Waals surface area contributed by atoms with Crippen LogP contribution in [0.1, 0.15) is 42.0 Å². The van der Waals surface area contributed by atoms with E-state index in [0.717, 1.165) is 11.8 Å². The van der Waals surface area contributed by atoms with Gasteiger partial charge in [0, 0.05) is 13.2 Å². The van der Waals surface area contributed by atoms with Crippen LogP contribution in [-0.2, 0) is 7.05 Å². The lowest BCUT2D eigenvalue weighted by Crippen LogP contribution is -2.13. The smallest absolute Gasteiger partial charge is 0.284 e. The standard InChI is InChI=1S/C19H16F2N6O2.C2H6/c1-11-3-5-13(6-4-11)27-9-14(16(25-27)17(20)21)23-18(28)15-10-29-19(24-15)12-7-22-26(2)8-12;1-2/h3-10,17H,1-2H3,(H,23,28);1-2H3. The molecule has 0 aliphatic carbocycles. The summed E-state index contributed by atoms with van der Waals surface area (Å²) in [6, 6.07) is 7.18. The minimum Gasteiger partial charge on any atom is -0.444 e. The van der Waals surface area contributed by atoms with Crippen LogP contribution in [-0.4, -0.2) is 30.5 Å². The number of hydrogen-bond donors (Lipinski definition) is 1. The van der Waals surface area contributed by atoms with Gasteiger partial charge in [-0.05, 0) is 19.1 Å². The molecule has 4 aromatic rings. The number of anilines is 1. The Hall–Kier alpha value is -3.82. The molecule has 0 atom stereocenters. The van der Waals surface area contributed by atoms with Crippen LogP contribution < -0.4 is 5.32 Å². The van der Waals surface area contributed by atoms with Gasteiger partial charge < -0.3 is 9.73 Å². The SMILES string of the molecule is CC.Cc1ccc(-n2cc(NC(=O)c3coc(-c4cnn(C)c4)n3)c(C(F)F)n2)cc1. The maximum Gasteiger partial charge on any atom is 0.284 e. The molecule has 1 N–H and O–H groups in total. The molecule has 0 aliphatic heterocycles. The second kappa shape index (κ2) is 9.33. The highest BCUT2D eigenvalue weighted by molar-refractivity contribution is 6.03. The van der Waals surface area contributed by atoms with E-state index in [1.807, 2.05) is 32.9 Å². The second-order valence-electron chi connectivity index (χ2n) is 6.40. The lowest BCUT2D eigenvalue weighted by atomic mass is 10.2. The van der Waals surface area contributed by atoms with Crippen molar-refractivity contribution in [2.45, 2.75) is 27.2 Å². The highest BCUT2D eigenvalue weighted by Crippen LogP contribution is 2.27. The van der Waals surface area contributed by atoms with E-state index in [4.69, 9.17) is 4.42 Å². The van der Waals surface area contributed by atoms with Crippen molar-refractivity contribution in [1.82, 2.24) is 24.5 Å². The summed E-state index contributed by atoms with van der Waals surface area (Å²) in [4.78, 5) is 16.6. The first-order valence-electron chi connectivity index (χ1n) is 9.61. The molecule has 0 bridgehead atoms. The van der Waals surface area contributed by atoms with E-state index in [-0.39, 0.29) is 17.3 Å². The highest BCUT2D eigenvalue weighted by atomic mass is 19.3. The Kier molecular flexibility index (Phi) is 6.58. The van der Waals surface area contributed by atoms with Crippen molar-refractivity contribution in [2.24, 2.45) is 7.05 Å². The number of halogens is 2. The van der Waals surface area contributed by atoms with Gasteiger partial charge in [0.2, 0.25) is 5.89 Å². The fourth-order valence-electron chi connectivity index (χ4n) is 2.70. The summed E-state index contributed by atoms with van der Waals surface area (Å²) in [6.07, 6.45) is 2.85. The van der Waals surface area contributed by atoms with Crippen molar-refractivity contribution in [3.8, 4) is 17.1 Å². The van der Waals surface area contributed by atoms with Crippen molar-refractivity contribution < 1.29 is 18.0 Å². The van der Waals surface area contributed by atoms with Gasteiger partial charge in [0.05, 0.1) is 29.3 Å². The maximum absolute atomic E-state index is 13.4. The van der Waals surface area contributed by atoms with Crippen LogP contribution >= 0.6 is 0 Å². The zero-order valence-corrected chi connectivity index (χ0v) is 17.5. The Morgan fingerprint density at radius 3 is 2.48 bits per heavy atom. The Balaban J connectivity index is 0.00000132. The molecule has 162 valence electrons. The molecule has 0 aliphatic rings. The first-order chi connectivity index (χ1) is 14.9. The Labute approximate surface area is 177 Å². The topological polar surface area (TPSA) is 90.8 Å². The molecule has 0 unspecified atom stereocenters. The van der Waals surface area contributed by atoms with E-state index >= 15 is 0 Å². The molecule has 0 spiro atoms. The third kappa shape index (κ3) is 4.85. The van der Waals surface area contributed by atoms with Crippen LogP contribution in [0.2, 0.25) is 0 Å². The number of nitrogens with zero attached hydrogens (tertiary/aromatic N) is 5. The van der Waals surface area contributed by atoms with Crippen molar-refractivity contribution in [3.05, 3.63) is 66.1 Å². The van der Waals surface area contributed by atoms with Gasteiger partial charge in [-0.3, -0.25) is 9.48 Å². The van der Waals surface area contributed by atoms with Crippen molar-refractivity contribution in [3.63, 3.8) is 0 Å². The highest BCUT2D eigenvalue weighted by Gasteiger charge is 2.22. The van der Waals surface area contributed by atoms with Gasteiger partial charge in [-0.15, -0.1) is 0 Å². The number of aromatic nitrogens is 5. The van der Waals surface area contributed by atoms with Crippen molar-refractivity contribution in [2.75, 3.05) is 5.32 Å². The third-order valence-electron chi connectivity index (χ3n) is 4.18. The number of alkyl halides is 2. The lowest BCUT2D eigenvalue weighted by Gasteiger charge is -2.01. The first-order valence-corrected chi connectivity index (χ1v) is 9.61. The van der Waals surface area contributed by atoms with Gasteiger partial charge in [0.25, 0.3) is 12.3 Å². The number of benzene rings is 1. The largest absolute Gasteiger partial charge is 0.444 e. The normalized spacial score (nSPS) is 10.7. The molecular weight excluding hydrogens is 406 g/mol. The second-order valence-corrected chi connectivity index (χ2v) is 6.40. The van der Waals surface area contributed by atoms with E-state index in [1.165, 1.54) is 17.1 Å². The quantitative estimate of drug-likeness (QED) is 0.494. The van der Waals surface area contributed by atoms with Crippen LogP contribution in [0.25, 0.3) is 17.1 Å². The predicted octanol–water partition coefficient (Wildman–Crippen LogP) is 4.79. The summed E-state index contributed by atoms with van der Waals surface area (Å²) in [5, 5.41) is 10.3. The molecule has 0 radical (unpaired) electrons. The molecule has 0 fully saturated rings. The molecule has 10 heteroatoms. The number of rotatable bonds is 5. The number of oxazole rings is 1. The van der Waals surface area contributed by atoms with Crippen LogP contribution in [0.5, 0.6) is 0 Å². The van der Waals surface area contributed by atoms with E-state index in [0.29, 0.717) is 11.3 Å². The summed E-state index contributed by atoms with van der Waals surface area (Å²) < 4.78 is 35.0. The van der Waals surface area contributed by atoms with Crippen molar-refractivity contribution in [1.29, 1.82) is 0 Å². The number of carbonyl (C=O) groups is 1. The molecule has 1 aromatic carbocycles. The average molecular weight is 428 g/mol. The summed E-state index contributed by atoms with van der Waals surface area (Å²) in [5.41, 5.74) is 1.53. The summed E-state index contributed by atoms with van der Waals surface area (Å²) in [6.45, 7) is 5.92. The van der Waals surface area contributed by atoms with Crippen molar-refractivity contribution >= 4 is 11.6 Å². The zero-order valence-electron chi connectivity index (χ0n) is 17.5. The lowest BCUT2D eigenvalue weighted by molar-refractivity contribution is 0.102. The molecular formula is C21H22F2N6O2. The number of carbonyl (C=O) groups excluding carboxylic acids is 1. The molecule has 8 nitrogen and oxygen atoms in total. The van der Waals surface area contributed by atoms with Crippen LogP contribution in [0.15, 0.2) is 53.5 Å². The molecule has 0 saturated heterocycles. The van der Waals surface area contributed by atoms with E-state index in [9.17, 15) is 13.6 Å². The maximum atomic E-state index is 13.4. The predicted molar refractivity (Wildman–Crippen MR) is 111 cm³/mol. The Morgan fingerprint density at radius 1 is 1.16 bits per heavy atom. The zero-order chi connectivity index (χ0) is 22.5. The molecule has 31 heavy (non-hydrogen) atoms. The van der Waals surface area contributed by atoms with E-state index in [2.05, 4.69) is 20.5 Å². The minimum absolute atomic E-state index is 0.0489. The van der Waals surface area contributed by atoms with Gasteiger partial charge in [-0.2, -0.15) is 10.2 Å². The van der Waals surface area contributed by atoms with E-state index < -0.39 is 18.0 Å². The summed E-state index contributed by atoms with van der Waals surface area (Å²) >= 11 is 0. The van der Waals surface area contributed by atoms with Gasteiger partial charge in [0.1, 0.15) is 6.26 Å². The summed E-state index contributed by atoms with van der Waals surface area (Å²) in [5.74, 6) is -0.484. The minimum atomic E-state index is -2.86.